The van der Waals surface area contributed by atoms with Crippen LogP contribution in [0, 0.1) is 5.82 Å². The third kappa shape index (κ3) is 2.16. The van der Waals surface area contributed by atoms with Gasteiger partial charge in [0, 0.05) is 17.3 Å². The molecular formula is C12H12FN3. The molecule has 82 valence electrons. The molecule has 2 aromatic rings. The molecular weight excluding hydrogens is 205 g/mol. The molecule has 0 aliphatic rings. The van der Waals surface area contributed by atoms with Crippen LogP contribution < -0.4 is 5.73 Å². The molecule has 3 nitrogen and oxygen atoms in total. The monoisotopic (exact) mass is 217 g/mol. The minimum atomic E-state index is -0.304. The Morgan fingerprint density at radius 1 is 1.25 bits per heavy atom. The first kappa shape index (κ1) is 10.5. The average Bonchev–Trinajstić information content (AvgIpc) is 2.28. The van der Waals surface area contributed by atoms with Crippen molar-refractivity contribution >= 4 is 5.82 Å². The van der Waals surface area contributed by atoms with Gasteiger partial charge in [-0.05, 0) is 18.6 Å². The van der Waals surface area contributed by atoms with Crippen molar-refractivity contribution in [1.82, 2.24) is 9.97 Å². The number of anilines is 1. The highest BCUT2D eigenvalue weighted by Crippen LogP contribution is 2.17. The van der Waals surface area contributed by atoms with Crippen molar-refractivity contribution in [2.24, 2.45) is 0 Å². The van der Waals surface area contributed by atoms with Gasteiger partial charge >= 0.3 is 0 Å². The fourth-order valence-electron chi connectivity index (χ4n) is 1.46. The summed E-state index contributed by atoms with van der Waals surface area (Å²) in [4.78, 5) is 8.40. The number of rotatable bonds is 2. The topological polar surface area (TPSA) is 51.8 Å². The lowest BCUT2D eigenvalue weighted by atomic mass is 10.2. The van der Waals surface area contributed by atoms with Gasteiger partial charge in [0.05, 0.1) is 0 Å². The Morgan fingerprint density at radius 3 is 2.75 bits per heavy atom. The second-order valence-electron chi connectivity index (χ2n) is 3.47. The van der Waals surface area contributed by atoms with E-state index in [2.05, 4.69) is 9.97 Å². The van der Waals surface area contributed by atoms with E-state index in [4.69, 9.17) is 5.73 Å². The zero-order valence-corrected chi connectivity index (χ0v) is 8.94. The van der Waals surface area contributed by atoms with Gasteiger partial charge in [0.2, 0.25) is 0 Å². The molecule has 4 heteroatoms. The largest absolute Gasteiger partial charge is 0.384 e. The second-order valence-corrected chi connectivity index (χ2v) is 3.47. The van der Waals surface area contributed by atoms with Gasteiger partial charge in [0.1, 0.15) is 11.6 Å². The summed E-state index contributed by atoms with van der Waals surface area (Å²) in [5.74, 6) is 0.573. The normalized spacial score (nSPS) is 10.4. The first-order chi connectivity index (χ1) is 7.69. The number of nitrogens with two attached hydrogens (primary N) is 1. The van der Waals surface area contributed by atoms with E-state index < -0.39 is 0 Å². The Balaban J connectivity index is 2.51. The van der Waals surface area contributed by atoms with Crippen molar-refractivity contribution in [3.63, 3.8) is 0 Å². The van der Waals surface area contributed by atoms with Gasteiger partial charge in [-0.3, -0.25) is 0 Å². The van der Waals surface area contributed by atoms with Crippen LogP contribution in [0.5, 0.6) is 0 Å². The van der Waals surface area contributed by atoms with E-state index in [-0.39, 0.29) is 5.82 Å². The minimum Gasteiger partial charge on any atom is -0.384 e. The summed E-state index contributed by atoms with van der Waals surface area (Å²) in [7, 11) is 0. The van der Waals surface area contributed by atoms with E-state index in [9.17, 15) is 4.39 Å². The molecule has 0 spiro atoms. The Hall–Kier alpha value is -1.97. The maximum Gasteiger partial charge on any atom is 0.161 e. The Bertz CT molecular complexity index is 511. The van der Waals surface area contributed by atoms with E-state index in [0.29, 0.717) is 17.2 Å². The molecule has 2 rings (SSSR count). The van der Waals surface area contributed by atoms with Gasteiger partial charge in [0.15, 0.2) is 5.82 Å². The minimum absolute atomic E-state index is 0.304. The SMILES string of the molecule is CCc1cc(N)nc(-c2cccc(F)c2)n1. The predicted octanol–water partition coefficient (Wildman–Crippen LogP) is 2.43. The summed E-state index contributed by atoms with van der Waals surface area (Å²) < 4.78 is 13.0. The fraction of sp³-hybridized carbons (Fsp3) is 0.167. The van der Waals surface area contributed by atoms with Crippen LogP contribution in [0.1, 0.15) is 12.6 Å². The van der Waals surface area contributed by atoms with Crippen molar-refractivity contribution in [2.45, 2.75) is 13.3 Å². The lowest BCUT2D eigenvalue weighted by Crippen LogP contribution is -1.99. The van der Waals surface area contributed by atoms with Crippen LogP contribution in [-0.4, -0.2) is 9.97 Å². The zero-order valence-electron chi connectivity index (χ0n) is 8.94. The van der Waals surface area contributed by atoms with Gasteiger partial charge < -0.3 is 5.73 Å². The van der Waals surface area contributed by atoms with Gasteiger partial charge in [-0.25, -0.2) is 14.4 Å². The molecule has 0 saturated heterocycles. The second kappa shape index (κ2) is 4.26. The summed E-state index contributed by atoms with van der Waals surface area (Å²) in [5.41, 5.74) is 7.16. The molecule has 1 aromatic carbocycles. The predicted molar refractivity (Wildman–Crippen MR) is 61.2 cm³/mol. The number of nitrogens with zero attached hydrogens (tertiary/aromatic N) is 2. The molecule has 0 saturated carbocycles. The average molecular weight is 217 g/mol. The molecule has 0 aliphatic heterocycles. The molecule has 0 aliphatic carbocycles. The number of benzene rings is 1. The molecule has 0 amide bonds. The van der Waals surface area contributed by atoms with Crippen LogP contribution >= 0.6 is 0 Å². The van der Waals surface area contributed by atoms with Crippen LogP contribution in [0.25, 0.3) is 11.4 Å². The van der Waals surface area contributed by atoms with E-state index >= 15 is 0 Å². The Kier molecular flexibility index (Phi) is 2.81. The maximum absolute atomic E-state index is 13.0. The maximum atomic E-state index is 13.0. The number of aromatic nitrogens is 2. The van der Waals surface area contributed by atoms with Crippen molar-refractivity contribution in [1.29, 1.82) is 0 Å². The van der Waals surface area contributed by atoms with Crippen LogP contribution in [0.4, 0.5) is 10.2 Å². The van der Waals surface area contributed by atoms with Crippen molar-refractivity contribution in [3.8, 4) is 11.4 Å². The molecule has 0 unspecified atom stereocenters. The molecule has 16 heavy (non-hydrogen) atoms. The van der Waals surface area contributed by atoms with Crippen LogP contribution in [0.2, 0.25) is 0 Å². The van der Waals surface area contributed by atoms with Crippen molar-refractivity contribution < 1.29 is 4.39 Å². The zero-order chi connectivity index (χ0) is 11.5. The third-order valence-corrected chi connectivity index (χ3v) is 2.24. The van der Waals surface area contributed by atoms with Gasteiger partial charge in [0.25, 0.3) is 0 Å². The molecule has 0 fully saturated rings. The molecule has 2 N–H and O–H groups in total. The third-order valence-electron chi connectivity index (χ3n) is 2.24. The summed E-state index contributed by atoms with van der Waals surface area (Å²) in [6.07, 6.45) is 0.773. The standard InChI is InChI=1S/C12H12FN3/c1-2-10-7-11(14)16-12(15-10)8-4-3-5-9(13)6-8/h3-7H,2H2,1H3,(H2,14,15,16). The Labute approximate surface area is 93.2 Å². The fourth-order valence-corrected chi connectivity index (χ4v) is 1.46. The van der Waals surface area contributed by atoms with Crippen LogP contribution in [0.15, 0.2) is 30.3 Å². The quantitative estimate of drug-likeness (QED) is 0.840. The lowest BCUT2D eigenvalue weighted by Gasteiger charge is -2.04. The number of aryl methyl sites for hydroxylation is 1. The molecule has 1 aromatic heterocycles. The summed E-state index contributed by atoms with van der Waals surface area (Å²) in [6.45, 7) is 1.98. The van der Waals surface area contributed by atoms with Gasteiger partial charge in [-0.15, -0.1) is 0 Å². The number of hydrogen-bond donors (Lipinski definition) is 1. The first-order valence-corrected chi connectivity index (χ1v) is 5.08. The van der Waals surface area contributed by atoms with Gasteiger partial charge in [-0.2, -0.15) is 0 Å². The molecule has 1 heterocycles. The number of halogens is 1. The summed E-state index contributed by atoms with van der Waals surface area (Å²) in [6, 6.07) is 7.90. The first-order valence-electron chi connectivity index (χ1n) is 5.08. The van der Waals surface area contributed by atoms with Gasteiger partial charge in [-0.1, -0.05) is 19.1 Å². The summed E-state index contributed by atoms with van der Waals surface area (Å²) >= 11 is 0. The Morgan fingerprint density at radius 2 is 2.06 bits per heavy atom. The summed E-state index contributed by atoms with van der Waals surface area (Å²) in [5, 5.41) is 0. The molecule has 0 radical (unpaired) electrons. The van der Waals surface area contributed by atoms with E-state index in [1.165, 1.54) is 12.1 Å². The number of hydrogen-bond acceptors (Lipinski definition) is 3. The highest BCUT2D eigenvalue weighted by molar-refractivity contribution is 5.56. The smallest absolute Gasteiger partial charge is 0.161 e. The number of nitrogen functional groups attached to an aromatic ring is 1. The van der Waals surface area contributed by atoms with Crippen LogP contribution in [-0.2, 0) is 6.42 Å². The van der Waals surface area contributed by atoms with Crippen LogP contribution in [0.3, 0.4) is 0 Å². The highest BCUT2D eigenvalue weighted by Gasteiger charge is 2.05. The van der Waals surface area contributed by atoms with Crippen molar-refractivity contribution in [3.05, 3.63) is 41.8 Å². The molecule has 0 bridgehead atoms. The van der Waals surface area contributed by atoms with E-state index in [0.717, 1.165) is 12.1 Å². The molecule has 0 atom stereocenters. The van der Waals surface area contributed by atoms with E-state index in [1.54, 1.807) is 18.2 Å². The van der Waals surface area contributed by atoms with E-state index in [1.807, 2.05) is 6.92 Å². The lowest BCUT2D eigenvalue weighted by molar-refractivity contribution is 0.628. The van der Waals surface area contributed by atoms with Crippen molar-refractivity contribution in [2.75, 3.05) is 5.73 Å². The highest BCUT2D eigenvalue weighted by atomic mass is 19.1.